The normalized spacial score (nSPS) is 16.4. The van der Waals surface area contributed by atoms with Gasteiger partial charge in [0.25, 0.3) is 11.7 Å². The van der Waals surface area contributed by atoms with Crippen molar-refractivity contribution in [1.29, 1.82) is 0 Å². The maximum Gasteiger partial charge on any atom is 0.300 e. The Morgan fingerprint density at radius 1 is 0.895 bits per heavy atom. The number of carbonyl (C=O) groups is 2. The van der Waals surface area contributed by atoms with E-state index in [2.05, 4.69) is 0 Å². The maximum atomic E-state index is 13.5. The second kappa shape index (κ2) is 11.5. The molecule has 0 saturated carbocycles. The fraction of sp³-hybridized carbons (Fsp3) is 0.241. The van der Waals surface area contributed by atoms with E-state index in [0.29, 0.717) is 47.5 Å². The number of Topliss-reactive ketones (excluding diaryl/α,β-unsaturated/α-hetero) is 1. The van der Waals surface area contributed by atoms with Crippen molar-refractivity contribution in [3.8, 4) is 23.0 Å². The highest BCUT2D eigenvalue weighted by atomic mass is 35.5. The molecule has 0 aliphatic carbocycles. The van der Waals surface area contributed by atoms with Crippen LogP contribution >= 0.6 is 11.6 Å². The highest BCUT2D eigenvalue weighted by Crippen LogP contribution is 2.45. The number of benzene rings is 3. The Kier molecular flexibility index (Phi) is 8.12. The second-order valence-corrected chi connectivity index (χ2v) is 8.70. The Morgan fingerprint density at radius 3 is 2.34 bits per heavy atom. The predicted molar refractivity (Wildman–Crippen MR) is 145 cm³/mol. The van der Waals surface area contributed by atoms with E-state index in [4.69, 9.17) is 30.5 Å². The van der Waals surface area contributed by atoms with Gasteiger partial charge in [-0.15, -0.1) is 0 Å². The van der Waals surface area contributed by atoms with E-state index >= 15 is 0 Å². The zero-order valence-corrected chi connectivity index (χ0v) is 22.2. The molecule has 8 nitrogen and oxygen atoms in total. The zero-order valence-electron chi connectivity index (χ0n) is 21.5. The lowest BCUT2D eigenvalue weighted by molar-refractivity contribution is -0.132. The van der Waals surface area contributed by atoms with Crippen molar-refractivity contribution < 1.29 is 33.6 Å². The molecule has 0 spiro atoms. The molecule has 1 unspecified atom stereocenters. The molecule has 3 aromatic rings. The van der Waals surface area contributed by atoms with Crippen LogP contribution in [0.5, 0.6) is 23.0 Å². The molecule has 1 fully saturated rings. The van der Waals surface area contributed by atoms with Crippen LogP contribution in [0.25, 0.3) is 5.76 Å². The van der Waals surface area contributed by atoms with Crippen LogP contribution in [-0.4, -0.2) is 44.2 Å². The molecule has 1 N–H and O–H groups in total. The molecule has 1 aliphatic rings. The summed E-state index contributed by atoms with van der Waals surface area (Å²) < 4.78 is 22.1. The lowest BCUT2D eigenvalue weighted by atomic mass is 9.94. The van der Waals surface area contributed by atoms with Crippen LogP contribution in [0.2, 0.25) is 5.02 Å². The van der Waals surface area contributed by atoms with Gasteiger partial charge in [0.15, 0.2) is 11.5 Å². The highest BCUT2D eigenvalue weighted by molar-refractivity contribution is 6.52. The average molecular weight is 538 g/mol. The molecule has 1 amide bonds. The monoisotopic (exact) mass is 537 g/mol. The number of halogens is 1. The SMILES string of the molecule is CCOc1ccc(Cl)c(/C(O)=C2\C(=O)C(=O)N(c3cccc(OC)c3)C2c2ccc(OC)c(OCC)c2)c1. The van der Waals surface area contributed by atoms with Gasteiger partial charge in [-0.05, 0) is 61.9 Å². The van der Waals surface area contributed by atoms with E-state index in [9.17, 15) is 14.7 Å². The average Bonchev–Trinajstić information content (AvgIpc) is 3.19. The summed E-state index contributed by atoms with van der Waals surface area (Å²) in [5, 5.41) is 11.7. The quantitative estimate of drug-likeness (QED) is 0.210. The van der Waals surface area contributed by atoms with Gasteiger partial charge in [-0.2, -0.15) is 0 Å². The molecule has 4 rings (SSSR count). The maximum absolute atomic E-state index is 13.5. The van der Waals surface area contributed by atoms with Gasteiger partial charge in [-0.3, -0.25) is 14.5 Å². The summed E-state index contributed by atoms with van der Waals surface area (Å²) in [7, 11) is 3.03. The van der Waals surface area contributed by atoms with Crippen molar-refractivity contribution in [3.63, 3.8) is 0 Å². The van der Waals surface area contributed by atoms with E-state index in [1.54, 1.807) is 54.6 Å². The van der Waals surface area contributed by atoms with Crippen LogP contribution in [0.3, 0.4) is 0 Å². The van der Waals surface area contributed by atoms with Crippen molar-refractivity contribution in [2.24, 2.45) is 0 Å². The van der Waals surface area contributed by atoms with E-state index in [0.717, 1.165) is 0 Å². The van der Waals surface area contributed by atoms with Gasteiger partial charge in [-0.1, -0.05) is 23.7 Å². The zero-order chi connectivity index (χ0) is 27.4. The molecule has 1 aliphatic heterocycles. The standard InChI is InChI=1S/C29H28ClNO7/c1-5-37-20-11-12-22(30)21(16-20)27(32)25-26(17-10-13-23(36-4)24(14-17)38-6-2)31(29(34)28(25)33)18-8-7-9-19(15-18)35-3/h7-16,26,32H,5-6H2,1-4H3/b27-25+. The summed E-state index contributed by atoms with van der Waals surface area (Å²) in [5.74, 6) is -0.210. The fourth-order valence-electron chi connectivity index (χ4n) is 4.39. The molecular weight excluding hydrogens is 510 g/mol. The number of aliphatic hydroxyl groups is 1. The van der Waals surface area contributed by atoms with Crippen LogP contribution in [-0.2, 0) is 9.59 Å². The molecule has 0 aromatic heterocycles. The van der Waals surface area contributed by atoms with Gasteiger partial charge < -0.3 is 24.1 Å². The summed E-state index contributed by atoms with van der Waals surface area (Å²) >= 11 is 6.43. The molecule has 1 heterocycles. The topological polar surface area (TPSA) is 94.5 Å². The Bertz CT molecular complexity index is 1400. The smallest absolute Gasteiger partial charge is 0.300 e. The summed E-state index contributed by atoms with van der Waals surface area (Å²) in [6, 6.07) is 15.6. The van der Waals surface area contributed by atoms with Crippen LogP contribution in [0.1, 0.15) is 31.0 Å². The highest BCUT2D eigenvalue weighted by Gasteiger charge is 2.47. The number of anilines is 1. The molecule has 3 aromatic carbocycles. The van der Waals surface area contributed by atoms with Crippen molar-refractivity contribution in [2.45, 2.75) is 19.9 Å². The number of hydrogen-bond acceptors (Lipinski definition) is 7. The van der Waals surface area contributed by atoms with Gasteiger partial charge >= 0.3 is 0 Å². The van der Waals surface area contributed by atoms with Crippen molar-refractivity contribution >= 4 is 34.7 Å². The molecule has 198 valence electrons. The number of nitrogens with zero attached hydrogens (tertiary/aromatic N) is 1. The van der Waals surface area contributed by atoms with Gasteiger partial charge in [0, 0.05) is 17.3 Å². The first-order valence-electron chi connectivity index (χ1n) is 12.0. The Labute approximate surface area is 225 Å². The van der Waals surface area contributed by atoms with E-state index in [1.165, 1.54) is 25.2 Å². The molecule has 38 heavy (non-hydrogen) atoms. The number of rotatable bonds is 9. The number of hydrogen-bond donors (Lipinski definition) is 1. The summed E-state index contributed by atoms with van der Waals surface area (Å²) in [6.07, 6.45) is 0. The first-order valence-corrected chi connectivity index (χ1v) is 12.4. The first-order chi connectivity index (χ1) is 18.3. The third kappa shape index (κ3) is 4.99. The third-order valence-electron chi connectivity index (χ3n) is 6.08. The number of aliphatic hydroxyl groups excluding tert-OH is 1. The van der Waals surface area contributed by atoms with Crippen LogP contribution in [0.15, 0.2) is 66.2 Å². The van der Waals surface area contributed by atoms with Gasteiger partial charge in [0.05, 0.1) is 44.1 Å². The number of ketones is 1. The Hall–Kier alpha value is -4.17. The van der Waals surface area contributed by atoms with E-state index < -0.39 is 23.5 Å². The second-order valence-electron chi connectivity index (χ2n) is 8.29. The van der Waals surface area contributed by atoms with Crippen LogP contribution < -0.4 is 23.8 Å². The number of amides is 1. The minimum absolute atomic E-state index is 0.124. The molecule has 9 heteroatoms. The largest absolute Gasteiger partial charge is 0.507 e. The Balaban J connectivity index is 1.98. The molecule has 1 saturated heterocycles. The lowest BCUT2D eigenvalue weighted by Crippen LogP contribution is -2.29. The number of ether oxygens (including phenoxy) is 4. The molecular formula is C29H28ClNO7. The number of carbonyl (C=O) groups excluding carboxylic acids is 2. The minimum atomic E-state index is -1.00. The van der Waals surface area contributed by atoms with Crippen molar-refractivity contribution in [1.82, 2.24) is 0 Å². The van der Waals surface area contributed by atoms with Gasteiger partial charge in [0.2, 0.25) is 0 Å². The van der Waals surface area contributed by atoms with Crippen LogP contribution in [0.4, 0.5) is 5.69 Å². The lowest BCUT2D eigenvalue weighted by Gasteiger charge is -2.26. The Morgan fingerprint density at radius 2 is 1.66 bits per heavy atom. The number of methoxy groups -OCH3 is 2. The molecule has 0 radical (unpaired) electrons. The third-order valence-corrected chi connectivity index (χ3v) is 6.41. The molecule has 1 atom stereocenters. The van der Waals surface area contributed by atoms with Gasteiger partial charge in [-0.25, -0.2) is 0 Å². The minimum Gasteiger partial charge on any atom is -0.507 e. The van der Waals surface area contributed by atoms with Gasteiger partial charge in [0.1, 0.15) is 17.3 Å². The van der Waals surface area contributed by atoms with Crippen molar-refractivity contribution in [2.75, 3.05) is 32.3 Å². The molecule has 0 bridgehead atoms. The fourth-order valence-corrected chi connectivity index (χ4v) is 4.60. The summed E-state index contributed by atoms with van der Waals surface area (Å²) in [5.41, 5.74) is 0.985. The summed E-state index contributed by atoms with van der Waals surface area (Å²) in [6.45, 7) is 4.43. The van der Waals surface area contributed by atoms with Crippen LogP contribution in [0, 0.1) is 0 Å². The van der Waals surface area contributed by atoms with Crippen molar-refractivity contribution in [3.05, 3.63) is 82.4 Å². The predicted octanol–water partition coefficient (Wildman–Crippen LogP) is 5.78. The summed E-state index contributed by atoms with van der Waals surface area (Å²) in [4.78, 5) is 28.4. The van der Waals surface area contributed by atoms with E-state index in [1.807, 2.05) is 13.8 Å². The van der Waals surface area contributed by atoms with E-state index in [-0.39, 0.29) is 16.2 Å². The first kappa shape index (κ1) is 26.9.